The van der Waals surface area contributed by atoms with Crippen molar-refractivity contribution in [1.82, 2.24) is 35.1 Å². The second kappa shape index (κ2) is 13.7. The van der Waals surface area contributed by atoms with Gasteiger partial charge in [-0.25, -0.2) is 24.1 Å². The molecule has 1 saturated carbocycles. The molecule has 1 aliphatic carbocycles. The second-order valence-electron chi connectivity index (χ2n) is 10.3. The first kappa shape index (κ1) is 28.0. The number of carbonyl (C=O) groups excluding carboxylic acids is 1. The Hall–Kier alpha value is -3.57. The fourth-order valence-corrected chi connectivity index (χ4v) is 5.32. The quantitative estimate of drug-likeness (QED) is 0.199. The van der Waals surface area contributed by atoms with E-state index in [2.05, 4.69) is 37.1 Å². The fraction of sp³-hybridized carbons (Fsp3) is 0.517. The first-order valence-corrected chi connectivity index (χ1v) is 14.3. The van der Waals surface area contributed by atoms with Crippen LogP contribution in [0, 0.1) is 5.82 Å². The maximum atomic E-state index is 13.9. The highest BCUT2D eigenvalue weighted by atomic mass is 19.1. The summed E-state index contributed by atoms with van der Waals surface area (Å²) in [7, 11) is 0. The molecule has 1 fully saturated rings. The van der Waals surface area contributed by atoms with Gasteiger partial charge in [-0.2, -0.15) is 0 Å². The van der Waals surface area contributed by atoms with Gasteiger partial charge in [0.05, 0.1) is 26.0 Å². The summed E-state index contributed by atoms with van der Waals surface area (Å²) < 4.78 is 27.1. The Kier molecular flexibility index (Phi) is 9.56. The molecule has 0 aromatic carbocycles. The number of rotatable bonds is 13. The number of ether oxygens (including phenoxy) is 2. The van der Waals surface area contributed by atoms with Gasteiger partial charge in [-0.1, -0.05) is 19.8 Å². The van der Waals surface area contributed by atoms with Gasteiger partial charge in [-0.05, 0) is 44.2 Å². The van der Waals surface area contributed by atoms with Crippen molar-refractivity contribution in [2.45, 2.75) is 64.0 Å². The van der Waals surface area contributed by atoms with E-state index in [1.165, 1.54) is 25.1 Å². The van der Waals surface area contributed by atoms with Crippen LogP contribution in [-0.4, -0.2) is 69.5 Å². The van der Waals surface area contributed by atoms with E-state index in [1.807, 2.05) is 12.3 Å². The molecule has 5 rings (SSSR count). The largest absolute Gasteiger partial charge is 0.379 e. The zero-order valence-electron chi connectivity index (χ0n) is 23.0. The number of unbranched alkanes of at least 4 members (excludes halogenated alkanes) is 2. The van der Waals surface area contributed by atoms with E-state index in [9.17, 15) is 9.18 Å². The molecular weight excluding hydrogens is 513 g/mol. The molecule has 40 heavy (non-hydrogen) atoms. The summed E-state index contributed by atoms with van der Waals surface area (Å²) in [4.78, 5) is 29.1. The van der Waals surface area contributed by atoms with Crippen molar-refractivity contribution in [2.24, 2.45) is 0 Å². The SMILES string of the molecule is CCCCCOCCOCCNC(=O)N[C@@H]1CCCC(n2ccc3cnc(-c4c[nH]c5ncc(F)cc45)nc32)C1. The van der Waals surface area contributed by atoms with Crippen LogP contribution in [0.4, 0.5) is 9.18 Å². The normalized spacial score (nSPS) is 17.4. The lowest BCUT2D eigenvalue weighted by Gasteiger charge is -2.31. The van der Waals surface area contributed by atoms with Crippen LogP contribution in [0.2, 0.25) is 0 Å². The Morgan fingerprint density at radius 2 is 2.02 bits per heavy atom. The van der Waals surface area contributed by atoms with Crippen molar-refractivity contribution in [1.29, 1.82) is 0 Å². The number of carbonyl (C=O) groups is 1. The maximum Gasteiger partial charge on any atom is 0.315 e. The number of pyridine rings is 1. The molecule has 11 heteroatoms. The number of hydrogen-bond donors (Lipinski definition) is 3. The lowest BCUT2D eigenvalue weighted by atomic mass is 9.91. The van der Waals surface area contributed by atoms with E-state index in [1.54, 1.807) is 12.4 Å². The van der Waals surface area contributed by atoms with E-state index >= 15 is 0 Å². The average Bonchev–Trinajstić information content (AvgIpc) is 3.58. The Morgan fingerprint density at radius 3 is 2.90 bits per heavy atom. The molecule has 0 bridgehead atoms. The van der Waals surface area contributed by atoms with Crippen LogP contribution < -0.4 is 10.6 Å². The fourth-order valence-electron chi connectivity index (χ4n) is 5.32. The topological polar surface area (TPSA) is 119 Å². The van der Waals surface area contributed by atoms with Gasteiger partial charge in [-0.15, -0.1) is 0 Å². The lowest BCUT2D eigenvalue weighted by molar-refractivity contribution is 0.0479. The van der Waals surface area contributed by atoms with Crippen molar-refractivity contribution < 1.29 is 18.7 Å². The number of aromatic nitrogens is 5. The second-order valence-corrected chi connectivity index (χ2v) is 10.3. The summed E-state index contributed by atoms with van der Waals surface area (Å²) in [6, 6.07) is 3.54. The number of fused-ring (bicyclic) bond motifs is 2. The van der Waals surface area contributed by atoms with Crippen LogP contribution in [0.15, 0.2) is 36.9 Å². The number of H-pyrrole nitrogens is 1. The number of amides is 2. The van der Waals surface area contributed by atoms with Crippen molar-refractivity contribution in [3.8, 4) is 11.4 Å². The molecule has 4 aromatic heterocycles. The van der Waals surface area contributed by atoms with Gasteiger partial charge >= 0.3 is 6.03 Å². The highest BCUT2D eigenvalue weighted by molar-refractivity contribution is 5.92. The van der Waals surface area contributed by atoms with Gasteiger partial charge in [0.1, 0.15) is 17.1 Å². The van der Waals surface area contributed by atoms with E-state index in [0.29, 0.717) is 48.8 Å². The number of aromatic amines is 1. The van der Waals surface area contributed by atoms with Crippen LogP contribution in [0.1, 0.15) is 57.9 Å². The van der Waals surface area contributed by atoms with E-state index in [-0.39, 0.29) is 18.1 Å². The molecule has 0 saturated heterocycles. The first-order valence-electron chi connectivity index (χ1n) is 14.3. The summed E-state index contributed by atoms with van der Waals surface area (Å²) in [6.45, 7) is 4.96. The lowest BCUT2D eigenvalue weighted by Crippen LogP contribution is -2.45. The van der Waals surface area contributed by atoms with Gasteiger partial charge in [0.15, 0.2) is 5.82 Å². The summed E-state index contributed by atoms with van der Waals surface area (Å²) in [6.07, 6.45) is 14.0. The van der Waals surface area contributed by atoms with Gasteiger partial charge in [0.2, 0.25) is 0 Å². The minimum absolute atomic E-state index is 0.0672. The van der Waals surface area contributed by atoms with Gasteiger partial charge in [-0.3, -0.25) is 0 Å². The van der Waals surface area contributed by atoms with Crippen molar-refractivity contribution in [2.75, 3.05) is 33.0 Å². The third-order valence-electron chi connectivity index (χ3n) is 7.37. The molecule has 0 aliphatic heterocycles. The molecular formula is C29H38FN7O3. The summed E-state index contributed by atoms with van der Waals surface area (Å²) in [5.74, 6) is 0.110. The molecule has 2 atom stereocenters. The molecule has 3 N–H and O–H groups in total. The van der Waals surface area contributed by atoms with Crippen LogP contribution in [0.3, 0.4) is 0 Å². The number of halogens is 1. The van der Waals surface area contributed by atoms with Gasteiger partial charge in [0.25, 0.3) is 0 Å². The van der Waals surface area contributed by atoms with Crippen LogP contribution in [0.25, 0.3) is 33.5 Å². The highest BCUT2D eigenvalue weighted by Gasteiger charge is 2.26. The smallest absolute Gasteiger partial charge is 0.315 e. The standard InChI is InChI=1S/C29H38FN7O3/c1-2-3-4-11-39-13-14-40-12-9-31-29(38)35-22-6-5-7-23(16-22)37-10-8-20-17-32-27(36-28(20)37)25-19-34-26-24(25)15-21(30)18-33-26/h8,10,15,17-19,22-23H,2-7,9,11-14,16H2,1H3,(H,33,34)(H2,31,35,38)/t22-,23?/m1/s1. The van der Waals surface area contributed by atoms with Crippen molar-refractivity contribution >= 4 is 28.1 Å². The number of nitrogens with one attached hydrogen (secondary N) is 3. The number of hydrogen-bond acceptors (Lipinski definition) is 6. The molecule has 4 heterocycles. The number of urea groups is 1. The van der Waals surface area contributed by atoms with Crippen LogP contribution in [0.5, 0.6) is 0 Å². The maximum absolute atomic E-state index is 13.9. The first-order chi connectivity index (χ1) is 19.6. The molecule has 2 amide bonds. The van der Waals surface area contributed by atoms with Crippen molar-refractivity contribution in [3.05, 3.63) is 42.7 Å². The third kappa shape index (κ3) is 6.95. The minimum Gasteiger partial charge on any atom is -0.379 e. The molecule has 1 aliphatic rings. The molecule has 4 aromatic rings. The molecule has 0 radical (unpaired) electrons. The number of nitrogens with zero attached hydrogens (tertiary/aromatic N) is 4. The van der Waals surface area contributed by atoms with E-state index in [4.69, 9.17) is 14.5 Å². The summed E-state index contributed by atoms with van der Waals surface area (Å²) in [5.41, 5.74) is 2.12. The predicted molar refractivity (Wildman–Crippen MR) is 152 cm³/mol. The molecule has 10 nitrogen and oxygen atoms in total. The minimum atomic E-state index is -0.405. The molecule has 214 valence electrons. The highest BCUT2D eigenvalue weighted by Crippen LogP contribution is 2.33. The zero-order valence-corrected chi connectivity index (χ0v) is 23.0. The van der Waals surface area contributed by atoms with Crippen LogP contribution in [-0.2, 0) is 9.47 Å². The monoisotopic (exact) mass is 551 g/mol. The molecule has 1 unspecified atom stereocenters. The Balaban J connectivity index is 1.13. The summed E-state index contributed by atoms with van der Waals surface area (Å²) >= 11 is 0. The van der Waals surface area contributed by atoms with Gasteiger partial charge < -0.3 is 29.7 Å². The van der Waals surface area contributed by atoms with E-state index < -0.39 is 5.82 Å². The Labute approximate surface area is 233 Å². The zero-order chi connectivity index (χ0) is 27.7. The molecule has 0 spiro atoms. The van der Waals surface area contributed by atoms with Crippen molar-refractivity contribution in [3.63, 3.8) is 0 Å². The van der Waals surface area contributed by atoms with E-state index in [0.717, 1.165) is 49.7 Å². The average molecular weight is 552 g/mol. The van der Waals surface area contributed by atoms with Crippen LogP contribution >= 0.6 is 0 Å². The summed E-state index contributed by atoms with van der Waals surface area (Å²) in [5, 5.41) is 7.60. The Bertz CT molecular complexity index is 1410. The Morgan fingerprint density at radius 1 is 1.15 bits per heavy atom. The predicted octanol–water partition coefficient (Wildman–Crippen LogP) is 5.12. The van der Waals surface area contributed by atoms with Gasteiger partial charge in [0, 0.05) is 60.2 Å². The third-order valence-corrected chi connectivity index (χ3v) is 7.37.